The number of amides is 1. The first-order valence-electron chi connectivity index (χ1n) is 9.66. The van der Waals surface area contributed by atoms with Crippen molar-refractivity contribution in [1.82, 2.24) is 4.90 Å². The van der Waals surface area contributed by atoms with E-state index in [2.05, 4.69) is 12.2 Å². The van der Waals surface area contributed by atoms with Crippen LogP contribution < -0.4 is 5.32 Å². The van der Waals surface area contributed by atoms with Gasteiger partial charge in [-0.3, -0.25) is 9.69 Å². The van der Waals surface area contributed by atoms with E-state index in [9.17, 15) is 22.8 Å². The fraction of sp³-hybridized carbons (Fsp3) is 0.684. The van der Waals surface area contributed by atoms with E-state index in [-0.39, 0.29) is 26.2 Å². The molecule has 0 bridgehead atoms. The lowest BCUT2D eigenvalue weighted by Crippen LogP contribution is -2.40. The third kappa shape index (κ3) is 6.97. The zero-order chi connectivity index (χ0) is 21.6. The van der Waals surface area contributed by atoms with Crippen LogP contribution >= 0.6 is 11.3 Å². The van der Waals surface area contributed by atoms with Gasteiger partial charge in [-0.05, 0) is 44.1 Å². The highest BCUT2D eigenvalue weighted by Gasteiger charge is 2.32. The van der Waals surface area contributed by atoms with E-state index < -0.39 is 31.1 Å². The molecule has 0 fully saturated rings. The maximum Gasteiger partial charge on any atom is 0.401 e. The second kappa shape index (κ2) is 10.4. The van der Waals surface area contributed by atoms with Crippen LogP contribution in [0.5, 0.6) is 0 Å². The van der Waals surface area contributed by atoms with Crippen LogP contribution in [0, 0.1) is 5.92 Å². The molecule has 0 aliphatic heterocycles. The Kier molecular flexibility index (Phi) is 8.47. The van der Waals surface area contributed by atoms with Gasteiger partial charge in [0.2, 0.25) is 5.91 Å². The summed E-state index contributed by atoms with van der Waals surface area (Å²) in [7, 11) is 0. The van der Waals surface area contributed by atoms with Gasteiger partial charge in [-0.2, -0.15) is 13.2 Å². The van der Waals surface area contributed by atoms with E-state index in [1.807, 2.05) is 0 Å². The maximum atomic E-state index is 12.8. The number of ether oxygens (including phenoxy) is 1. The molecule has 0 aromatic carbocycles. The van der Waals surface area contributed by atoms with Gasteiger partial charge in [0.05, 0.1) is 25.3 Å². The Labute approximate surface area is 172 Å². The van der Waals surface area contributed by atoms with Gasteiger partial charge in [-0.1, -0.05) is 6.92 Å². The first-order chi connectivity index (χ1) is 13.6. The summed E-state index contributed by atoms with van der Waals surface area (Å²) in [6.07, 6.45) is -1.91. The topological polar surface area (TPSA) is 78.9 Å². The third-order valence-corrected chi connectivity index (χ3v) is 5.82. The smallest absolute Gasteiger partial charge is 0.401 e. The largest absolute Gasteiger partial charge is 0.462 e. The summed E-state index contributed by atoms with van der Waals surface area (Å²) < 4.78 is 43.4. The molecule has 1 aromatic heterocycles. The number of halogens is 3. The molecule has 1 aliphatic carbocycles. The van der Waals surface area contributed by atoms with Crippen LogP contribution in [0.25, 0.3) is 0 Å². The summed E-state index contributed by atoms with van der Waals surface area (Å²) in [5.41, 5.74) is 1.19. The third-order valence-electron chi connectivity index (χ3n) is 4.65. The molecule has 1 aliphatic rings. The van der Waals surface area contributed by atoms with Gasteiger partial charge in [-0.25, -0.2) is 4.79 Å². The van der Waals surface area contributed by atoms with E-state index in [1.54, 1.807) is 6.92 Å². The fourth-order valence-electron chi connectivity index (χ4n) is 3.39. The number of esters is 1. The summed E-state index contributed by atoms with van der Waals surface area (Å²) in [6, 6.07) is 0. The van der Waals surface area contributed by atoms with E-state index >= 15 is 0 Å². The first-order valence-corrected chi connectivity index (χ1v) is 10.5. The Balaban J connectivity index is 2.18. The van der Waals surface area contributed by atoms with Gasteiger partial charge in [0.25, 0.3) is 0 Å². The number of rotatable bonds is 9. The quantitative estimate of drug-likeness (QED) is 0.581. The number of nitrogens with zero attached hydrogens (tertiary/aromatic N) is 1. The Morgan fingerprint density at radius 2 is 2.10 bits per heavy atom. The molecule has 0 saturated carbocycles. The molecule has 164 valence electrons. The van der Waals surface area contributed by atoms with E-state index in [0.29, 0.717) is 22.9 Å². The normalized spacial score (nSPS) is 16.6. The minimum Gasteiger partial charge on any atom is -0.462 e. The number of fused-ring (bicyclic) bond motifs is 1. The SMILES string of the molecule is CCOC(=O)c1c(NC(=O)CN(CCCO)CC(F)(F)F)sc2c1CCC(C)C2. The molecule has 2 N–H and O–H groups in total. The van der Waals surface area contributed by atoms with E-state index in [4.69, 9.17) is 9.84 Å². The lowest BCUT2D eigenvalue weighted by Gasteiger charge is -2.22. The molecule has 1 atom stereocenters. The number of carbonyl (C=O) groups is 2. The zero-order valence-corrected chi connectivity index (χ0v) is 17.4. The second-order valence-corrected chi connectivity index (χ2v) is 8.33. The number of hydrogen-bond donors (Lipinski definition) is 2. The number of hydrogen-bond acceptors (Lipinski definition) is 6. The first kappa shape index (κ1) is 23.6. The van der Waals surface area contributed by atoms with Gasteiger partial charge < -0.3 is 15.2 Å². The van der Waals surface area contributed by atoms with Crippen molar-refractivity contribution in [2.75, 3.05) is 38.2 Å². The van der Waals surface area contributed by atoms with E-state index in [0.717, 1.165) is 28.2 Å². The molecule has 29 heavy (non-hydrogen) atoms. The molecule has 10 heteroatoms. The lowest BCUT2D eigenvalue weighted by atomic mass is 9.88. The van der Waals surface area contributed by atoms with Gasteiger partial charge in [0, 0.05) is 18.0 Å². The minimum absolute atomic E-state index is 0.0629. The van der Waals surface area contributed by atoms with Crippen LogP contribution in [-0.2, 0) is 22.4 Å². The summed E-state index contributed by atoms with van der Waals surface area (Å²) in [5.74, 6) is -0.702. The molecule has 1 unspecified atom stereocenters. The number of anilines is 1. The summed E-state index contributed by atoms with van der Waals surface area (Å²) in [5, 5.41) is 11.8. The Morgan fingerprint density at radius 3 is 2.72 bits per heavy atom. The number of thiophene rings is 1. The van der Waals surface area contributed by atoms with Crippen LogP contribution in [0.3, 0.4) is 0 Å². The highest BCUT2D eigenvalue weighted by molar-refractivity contribution is 7.17. The molecular weight excluding hydrogens is 409 g/mol. The van der Waals surface area contributed by atoms with Crippen molar-refractivity contribution in [3.05, 3.63) is 16.0 Å². The summed E-state index contributed by atoms with van der Waals surface area (Å²) in [6.45, 7) is 1.93. The summed E-state index contributed by atoms with van der Waals surface area (Å²) in [4.78, 5) is 26.9. The molecule has 1 aromatic rings. The molecule has 6 nitrogen and oxygen atoms in total. The van der Waals surface area contributed by atoms with Crippen molar-refractivity contribution in [3.63, 3.8) is 0 Å². The average Bonchev–Trinajstić information content (AvgIpc) is 2.95. The maximum absolute atomic E-state index is 12.8. The summed E-state index contributed by atoms with van der Waals surface area (Å²) >= 11 is 1.29. The lowest BCUT2D eigenvalue weighted by molar-refractivity contribution is -0.148. The number of aliphatic hydroxyl groups excluding tert-OH is 1. The van der Waals surface area contributed by atoms with Crippen LogP contribution in [-0.4, -0.2) is 60.9 Å². The predicted octanol–water partition coefficient (Wildman–Crippen LogP) is 3.23. The van der Waals surface area contributed by atoms with Gasteiger partial charge in [-0.15, -0.1) is 11.3 Å². The van der Waals surface area contributed by atoms with Crippen molar-refractivity contribution in [2.45, 2.75) is 45.7 Å². The Bertz CT molecular complexity index is 721. The number of alkyl halides is 3. The molecule has 0 saturated heterocycles. The molecule has 0 spiro atoms. The molecule has 0 radical (unpaired) electrons. The fourth-order valence-corrected chi connectivity index (χ4v) is 4.80. The standard InChI is InChI=1S/C19H27F3N2O4S/c1-3-28-18(27)16-13-6-5-12(2)9-14(13)29-17(16)23-15(26)10-24(7-4-8-25)11-19(20,21)22/h12,25H,3-11H2,1-2H3,(H,23,26). The van der Waals surface area contributed by atoms with Crippen molar-refractivity contribution < 1.29 is 32.6 Å². The van der Waals surface area contributed by atoms with E-state index in [1.165, 1.54) is 11.3 Å². The van der Waals surface area contributed by atoms with Crippen molar-refractivity contribution in [3.8, 4) is 0 Å². The molecular formula is C19H27F3N2O4S. The van der Waals surface area contributed by atoms with Crippen LogP contribution in [0.4, 0.5) is 18.2 Å². The van der Waals surface area contributed by atoms with Crippen molar-refractivity contribution in [2.24, 2.45) is 5.92 Å². The molecule has 2 rings (SSSR count). The van der Waals surface area contributed by atoms with Crippen molar-refractivity contribution in [1.29, 1.82) is 0 Å². The number of aliphatic hydroxyl groups is 1. The Hall–Kier alpha value is -1.65. The predicted molar refractivity (Wildman–Crippen MR) is 104 cm³/mol. The van der Waals surface area contributed by atoms with Gasteiger partial charge in [0.15, 0.2) is 0 Å². The molecule has 1 amide bonds. The van der Waals surface area contributed by atoms with Crippen molar-refractivity contribution >= 4 is 28.2 Å². The average molecular weight is 436 g/mol. The minimum atomic E-state index is -4.45. The second-order valence-electron chi connectivity index (χ2n) is 7.23. The number of nitrogens with one attached hydrogen (secondary N) is 1. The highest BCUT2D eigenvalue weighted by atomic mass is 32.1. The van der Waals surface area contributed by atoms with Crippen LogP contribution in [0.15, 0.2) is 0 Å². The number of carbonyl (C=O) groups excluding carboxylic acids is 2. The van der Waals surface area contributed by atoms with Crippen LogP contribution in [0.2, 0.25) is 0 Å². The Morgan fingerprint density at radius 1 is 1.38 bits per heavy atom. The molecule has 1 heterocycles. The highest BCUT2D eigenvalue weighted by Crippen LogP contribution is 2.40. The van der Waals surface area contributed by atoms with Crippen LogP contribution in [0.1, 0.15) is 47.5 Å². The van der Waals surface area contributed by atoms with Gasteiger partial charge in [0.1, 0.15) is 5.00 Å². The van der Waals surface area contributed by atoms with Gasteiger partial charge >= 0.3 is 12.1 Å². The monoisotopic (exact) mass is 436 g/mol. The zero-order valence-electron chi connectivity index (χ0n) is 16.6.